The highest BCUT2D eigenvalue weighted by molar-refractivity contribution is 5.95. The average Bonchev–Trinajstić information content (AvgIpc) is 2.45. The molecule has 0 aliphatic rings. The summed E-state index contributed by atoms with van der Waals surface area (Å²) >= 11 is 0. The van der Waals surface area contributed by atoms with Gasteiger partial charge in [-0.25, -0.2) is 9.78 Å². The van der Waals surface area contributed by atoms with Gasteiger partial charge < -0.3 is 10.2 Å². The fourth-order valence-electron chi connectivity index (χ4n) is 2.04. The summed E-state index contributed by atoms with van der Waals surface area (Å²) in [5.41, 5.74) is 1.82. The lowest BCUT2D eigenvalue weighted by atomic mass is 9.95. The molecule has 0 aliphatic carbocycles. The molecule has 0 fully saturated rings. The summed E-state index contributed by atoms with van der Waals surface area (Å²) in [5, 5.41) is 18.0. The van der Waals surface area contributed by atoms with Crippen LogP contribution < -0.4 is 0 Å². The number of hydrogen-bond acceptors (Lipinski definition) is 3. The van der Waals surface area contributed by atoms with Crippen LogP contribution in [0.3, 0.4) is 0 Å². The van der Waals surface area contributed by atoms with Crippen LogP contribution in [0.4, 0.5) is 0 Å². The molecule has 1 aromatic carbocycles. The van der Waals surface area contributed by atoms with Crippen LogP contribution in [0, 0.1) is 0 Å². The Labute approximate surface area is 115 Å². The Kier molecular flexibility index (Phi) is 4.10. The zero-order valence-corrected chi connectivity index (χ0v) is 10.6. The van der Waals surface area contributed by atoms with Gasteiger partial charge in [0.1, 0.15) is 0 Å². The van der Waals surface area contributed by atoms with Crippen LogP contribution in [0.2, 0.25) is 0 Å². The molecule has 0 spiro atoms. The van der Waals surface area contributed by atoms with Crippen molar-refractivity contribution >= 4 is 11.9 Å². The van der Waals surface area contributed by atoms with E-state index in [1.807, 2.05) is 6.07 Å². The largest absolute Gasteiger partial charge is 0.481 e. The molecule has 1 heterocycles. The predicted octanol–water partition coefficient (Wildman–Crippen LogP) is 2.46. The second-order valence-electron chi connectivity index (χ2n) is 4.26. The normalized spacial score (nSPS) is 10.2. The standard InChI is InChI=1S/C15H13NO4/c17-12(18)7-6-11-8-9-16-14(15(19)20)13(11)10-4-2-1-3-5-10/h1-5,8-9H,6-7H2,(H,17,18)(H,19,20). The van der Waals surface area contributed by atoms with Crippen molar-refractivity contribution in [3.05, 3.63) is 53.9 Å². The number of aromatic nitrogens is 1. The third kappa shape index (κ3) is 3.00. The van der Waals surface area contributed by atoms with E-state index in [2.05, 4.69) is 4.98 Å². The minimum atomic E-state index is -1.12. The van der Waals surface area contributed by atoms with Crippen LogP contribution in [-0.2, 0) is 11.2 Å². The highest BCUT2D eigenvalue weighted by Gasteiger charge is 2.17. The molecule has 2 rings (SSSR count). The first-order valence-electron chi connectivity index (χ1n) is 6.08. The van der Waals surface area contributed by atoms with Crippen molar-refractivity contribution in [2.75, 3.05) is 0 Å². The molecule has 1 aromatic heterocycles. The zero-order valence-electron chi connectivity index (χ0n) is 10.6. The molecule has 102 valence electrons. The Morgan fingerprint density at radius 1 is 1.05 bits per heavy atom. The molecule has 0 saturated heterocycles. The highest BCUT2D eigenvalue weighted by Crippen LogP contribution is 2.27. The van der Waals surface area contributed by atoms with E-state index < -0.39 is 11.9 Å². The molecule has 2 N–H and O–H groups in total. The Bertz CT molecular complexity index is 638. The summed E-state index contributed by atoms with van der Waals surface area (Å²) in [6, 6.07) is 10.7. The van der Waals surface area contributed by atoms with Crippen LogP contribution in [0.25, 0.3) is 11.1 Å². The van der Waals surface area contributed by atoms with Crippen molar-refractivity contribution in [2.24, 2.45) is 0 Å². The number of rotatable bonds is 5. The van der Waals surface area contributed by atoms with Crippen LogP contribution in [0.15, 0.2) is 42.6 Å². The van der Waals surface area contributed by atoms with Crippen molar-refractivity contribution in [1.29, 1.82) is 0 Å². The summed E-state index contributed by atoms with van der Waals surface area (Å²) in [7, 11) is 0. The van der Waals surface area contributed by atoms with E-state index in [4.69, 9.17) is 5.11 Å². The maximum Gasteiger partial charge on any atom is 0.355 e. The lowest BCUT2D eigenvalue weighted by Crippen LogP contribution is -2.07. The maximum absolute atomic E-state index is 11.3. The fraction of sp³-hybridized carbons (Fsp3) is 0.133. The van der Waals surface area contributed by atoms with Gasteiger partial charge in [-0.15, -0.1) is 0 Å². The molecule has 5 heteroatoms. The van der Waals surface area contributed by atoms with E-state index in [1.165, 1.54) is 6.20 Å². The Morgan fingerprint density at radius 3 is 2.35 bits per heavy atom. The molecule has 20 heavy (non-hydrogen) atoms. The second-order valence-corrected chi connectivity index (χ2v) is 4.26. The minimum Gasteiger partial charge on any atom is -0.481 e. The zero-order chi connectivity index (χ0) is 14.5. The van der Waals surface area contributed by atoms with Crippen molar-refractivity contribution in [3.8, 4) is 11.1 Å². The number of aromatic carboxylic acids is 1. The Balaban J connectivity index is 2.54. The Hall–Kier alpha value is -2.69. The van der Waals surface area contributed by atoms with Gasteiger partial charge in [0.15, 0.2) is 5.69 Å². The molecule has 0 amide bonds. The monoisotopic (exact) mass is 271 g/mol. The first kappa shape index (κ1) is 13.7. The van der Waals surface area contributed by atoms with Crippen molar-refractivity contribution < 1.29 is 19.8 Å². The number of carboxylic acid groups (broad SMARTS) is 2. The molecule has 0 radical (unpaired) electrons. The molecule has 5 nitrogen and oxygen atoms in total. The lowest BCUT2D eigenvalue weighted by Gasteiger charge is -2.11. The van der Waals surface area contributed by atoms with Crippen LogP contribution in [0.5, 0.6) is 0 Å². The highest BCUT2D eigenvalue weighted by atomic mass is 16.4. The summed E-state index contributed by atoms with van der Waals surface area (Å²) in [5.74, 6) is -2.04. The maximum atomic E-state index is 11.3. The summed E-state index contributed by atoms with van der Waals surface area (Å²) in [6.07, 6.45) is 1.61. The Morgan fingerprint density at radius 2 is 1.75 bits per heavy atom. The molecule has 0 unspecified atom stereocenters. The predicted molar refractivity (Wildman–Crippen MR) is 72.6 cm³/mol. The van der Waals surface area contributed by atoms with Gasteiger partial charge in [0.2, 0.25) is 0 Å². The van der Waals surface area contributed by atoms with E-state index in [1.54, 1.807) is 30.3 Å². The molecular weight excluding hydrogens is 258 g/mol. The number of aliphatic carboxylic acids is 1. The minimum absolute atomic E-state index is 0.0527. The summed E-state index contributed by atoms with van der Waals surface area (Å²) in [4.78, 5) is 25.9. The van der Waals surface area contributed by atoms with Crippen LogP contribution >= 0.6 is 0 Å². The van der Waals surface area contributed by atoms with Gasteiger partial charge in [0.25, 0.3) is 0 Å². The topological polar surface area (TPSA) is 87.5 Å². The first-order valence-corrected chi connectivity index (χ1v) is 6.08. The number of nitrogens with zero attached hydrogens (tertiary/aromatic N) is 1. The molecule has 0 atom stereocenters. The summed E-state index contributed by atoms with van der Waals surface area (Å²) in [6.45, 7) is 0. The van der Waals surface area contributed by atoms with Crippen LogP contribution in [0.1, 0.15) is 22.5 Å². The number of pyridine rings is 1. The fourth-order valence-corrected chi connectivity index (χ4v) is 2.04. The number of aryl methyl sites for hydroxylation is 1. The third-order valence-corrected chi connectivity index (χ3v) is 2.91. The molecule has 2 aromatic rings. The van der Waals surface area contributed by atoms with Gasteiger partial charge in [0.05, 0.1) is 0 Å². The van der Waals surface area contributed by atoms with Gasteiger partial charge in [-0.05, 0) is 23.6 Å². The molecular formula is C15H13NO4. The smallest absolute Gasteiger partial charge is 0.355 e. The van der Waals surface area contributed by atoms with E-state index in [9.17, 15) is 14.7 Å². The van der Waals surface area contributed by atoms with Crippen molar-refractivity contribution in [1.82, 2.24) is 4.98 Å². The van der Waals surface area contributed by atoms with Crippen molar-refractivity contribution in [2.45, 2.75) is 12.8 Å². The van der Waals surface area contributed by atoms with Gasteiger partial charge >= 0.3 is 11.9 Å². The van der Waals surface area contributed by atoms with Crippen molar-refractivity contribution in [3.63, 3.8) is 0 Å². The molecule has 0 saturated carbocycles. The van der Waals surface area contributed by atoms with Gasteiger partial charge in [-0.1, -0.05) is 30.3 Å². The van der Waals surface area contributed by atoms with Gasteiger partial charge in [-0.2, -0.15) is 0 Å². The van der Waals surface area contributed by atoms with E-state index >= 15 is 0 Å². The average molecular weight is 271 g/mol. The molecule has 0 bridgehead atoms. The number of carboxylic acids is 2. The van der Waals surface area contributed by atoms with Crippen LogP contribution in [-0.4, -0.2) is 27.1 Å². The number of benzene rings is 1. The van der Waals surface area contributed by atoms with E-state index in [0.29, 0.717) is 11.1 Å². The second kappa shape index (κ2) is 5.97. The quantitative estimate of drug-likeness (QED) is 0.872. The first-order chi connectivity index (χ1) is 9.59. The number of hydrogen-bond donors (Lipinski definition) is 2. The van der Waals surface area contributed by atoms with E-state index in [-0.39, 0.29) is 18.5 Å². The molecule has 0 aliphatic heterocycles. The van der Waals surface area contributed by atoms with Gasteiger partial charge in [0, 0.05) is 18.2 Å². The lowest BCUT2D eigenvalue weighted by molar-refractivity contribution is -0.136. The number of carbonyl (C=O) groups is 2. The van der Waals surface area contributed by atoms with Gasteiger partial charge in [-0.3, -0.25) is 4.79 Å². The summed E-state index contributed by atoms with van der Waals surface area (Å²) < 4.78 is 0. The SMILES string of the molecule is O=C(O)CCc1ccnc(C(=O)O)c1-c1ccccc1. The van der Waals surface area contributed by atoms with E-state index in [0.717, 1.165) is 5.56 Å². The third-order valence-electron chi connectivity index (χ3n) is 2.91.